The number of benzene rings is 2. The predicted octanol–water partition coefficient (Wildman–Crippen LogP) is 4.82. The molecule has 3 rings (SSSR count). The first-order valence-electron chi connectivity index (χ1n) is 8.51. The van der Waals surface area contributed by atoms with E-state index >= 15 is 0 Å². The first-order valence-corrected chi connectivity index (χ1v) is 8.51. The van der Waals surface area contributed by atoms with Gasteiger partial charge in [-0.2, -0.15) is 0 Å². The number of hydrogen-bond acceptors (Lipinski definition) is 4. The second-order valence-corrected chi connectivity index (χ2v) is 5.88. The topological polar surface area (TPSA) is 44.5 Å². The lowest BCUT2D eigenvalue weighted by atomic mass is 10.0. The van der Waals surface area contributed by atoms with Crippen molar-refractivity contribution < 1.29 is 13.9 Å². The third kappa shape index (κ3) is 4.02. The molecule has 1 atom stereocenters. The first kappa shape index (κ1) is 17.1. The molecular weight excluding hydrogens is 314 g/mol. The van der Waals surface area contributed by atoms with Crippen molar-refractivity contribution in [3.05, 3.63) is 77.3 Å². The summed E-state index contributed by atoms with van der Waals surface area (Å²) < 4.78 is 16.8. The zero-order valence-electron chi connectivity index (χ0n) is 14.9. The second kappa shape index (κ2) is 7.88. The maximum Gasteiger partial charge on any atom is 0.308 e. The van der Waals surface area contributed by atoms with Gasteiger partial charge in [0.05, 0.1) is 19.6 Å². The van der Waals surface area contributed by atoms with E-state index in [-0.39, 0.29) is 5.92 Å². The summed E-state index contributed by atoms with van der Waals surface area (Å²) in [6.45, 7) is 4.57. The van der Waals surface area contributed by atoms with Crippen LogP contribution in [0.15, 0.2) is 59.0 Å². The summed E-state index contributed by atoms with van der Waals surface area (Å²) in [5.74, 6) is 2.05. The van der Waals surface area contributed by atoms with E-state index in [1.807, 2.05) is 49.4 Å². The fraction of sp³-hybridized carbons (Fsp3) is 0.286. The van der Waals surface area contributed by atoms with Gasteiger partial charge in [0.15, 0.2) is 0 Å². The molecule has 0 aliphatic carbocycles. The molecule has 0 N–H and O–H groups in total. The summed E-state index contributed by atoms with van der Waals surface area (Å²) in [6, 6.07) is 18.2. The number of nitrogens with zero attached hydrogens (tertiary/aromatic N) is 1. The van der Waals surface area contributed by atoms with E-state index in [0.29, 0.717) is 24.9 Å². The van der Waals surface area contributed by atoms with Crippen molar-refractivity contribution in [3.8, 4) is 11.7 Å². The van der Waals surface area contributed by atoms with E-state index < -0.39 is 0 Å². The molecular formula is C21H23NO3. The summed E-state index contributed by atoms with van der Waals surface area (Å²) in [7, 11) is 1.66. The predicted molar refractivity (Wildman–Crippen MR) is 97.4 cm³/mol. The molecule has 0 bridgehead atoms. The van der Waals surface area contributed by atoms with Crippen LogP contribution in [-0.4, -0.2) is 18.7 Å². The lowest BCUT2D eigenvalue weighted by Crippen LogP contribution is -1.98. The van der Waals surface area contributed by atoms with Crippen LogP contribution in [0.1, 0.15) is 42.5 Å². The molecule has 130 valence electrons. The van der Waals surface area contributed by atoms with Crippen LogP contribution in [0.3, 0.4) is 0 Å². The zero-order chi connectivity index (χ0) is 17.6. The van der Waals surface area contributed by atoms with Gasteiger partial charge in [0, 0.05) is 6.42 Å². The van der Waals surface area contributed by atoms with E-state index in [4.69, 9.17) is 18.9 Å². The van der Waals surface area contributed by atoms with Crippen molar-refractivity contribution in [3.63, 3.8) is 0 Å². The van der Waals surface area contributed by atoms with Crippen LogP contribution >= 0.6 is 0 Å². The van der Waals surface area contributed by atoms with Gasteiger partial charge in [0.25, 0.3) is 0 Å². The molecule has 1 aromatic heterocycles. The summed E-state index contributed by atoms with van der Waals surface area (Å²) >= 11 is 0. The van der Waals surface area contributed by atoms with Gasteiger partial charge in [-0.05, 0) is 37.1 Å². The smallest absolute Gasteiger partial charge is 0.308 e. The van der Waals surface area contributed by atoms with Crippen molar-refractivity contribution in [1.29, 1.82) is 0 Å². The molecule has 0 saturated carbocycles. The van der Waals surface area contributed by atoms with Crippen LogP contribution in [0.2, 0.25) is 0 Å². The Morgan fingerprint density at radius 3 is 2.40 bits per heavy atom. The van der Waals surface area contributed by atoms with Crippen LogP contribution in [0.25, 0.3) is 0 Å². The average Bonchev–Trinajstić information content (AvgIpc) is 3.05. The van der Waals surface area contributed by atoms with Crippen LogP contribution < -0.4 is 9.47 Å². The molecule has 1 unspecified atom stereocenters. The highest BCUT2D eigenvalue weighted by molar-refractivity contribution is 5.33. The molecule has 0 aliphatic heterocycles. The lowest BCUT2D eigenvalue weighted by molar-refractivity contribution is 0.246. The molecule has 4 nitrogen and oxygen atoms in total. The van der Waals surface area contributed by atoms with Gasteiger partial charge >= 0.3 is 5.95 Å². The SMILES string of the molecule is CCOc1oc(C(C)c2ccc(OC)cc2)nc1Cc1ccccc1. The van der Waals surface area contributed by atoms with Crippen molar-refractivity contribution in [1.82, 2.24) is 4.98 Å². The van der Waals surface area contributed by atoms with Crippen molar-refractivity contribution in [2.24, 2.45) is 0 Å². The zero-order valence-corrected chi connectivity index (χ0v) is 14.9. The van der Waals surface area contributed by atoms with Crippen molar-refractivity contribution in [2.45, 2.75) is 26.2 Å². The Hall–Kier alpha value is -2.75. The highest BCUT2D eigenvalue weighted by Crippen LogP contribution is 2.31. The maximum atomic E-state index is 5.94. The molecule has 0 saturated heterocycles. The van der Waals surface area contributed by atoms with E-state index in [1.54, 1.807) is 7.11 Å². The monoisotopic (exact) mass is 337 g/mol. The number of methoxy groups -OCH3 is 1. The lowest BCUT2D eigenvalue weighted by Gasteiger charge is -2.08. The number of aromatic nitrogens is 1. The number of ether oxygens (including phenoxy) is 2. The highest BCUT2D eigenvalue weighted by atomic mass is 16.6. The molecule has 25 heavy (non-hydrogen) atoms. The van der Waals surface area contributed by atoms with Crippen molar-refractivity contribution in [2.75, 3.05) is 13.7 Å². The van der Waals surface area contributed by atoms with Crippen LogP contribution in [0.5, 0.6) is 11.7 Å². The van der Waals surface area contributed by atoms with Crippen LogP contribution in [0, 0.1) is 0 Å². The number of rotatable bonds is 7. The molecule has 3 aromatic rings. The number of hydrogen-bond donors (Lipinski definition) is 0. The normalized spacial score (nSPS) is 12.0. The molecule has 0 aliphatic rings. The minimum atomic E-state index is 0.0367. The number of oxazole rings is 1. The van der Waals surface area contributed by atoms with E-state index in [0.717, 1.165) is 17.0 Å². The Balaban J connectivity index is 1.86. The van der Waals surface area contributed by atoms with Gasteiger partial charge in [-0.25, -0.2) is 4.98 Å². The Bertz CT molecular complexity index is 794. The molecule has 0 radical (unpaired) electrons. The summed E-state index contributed by atoms with van der Waals surface area (Å²) in [6.07, 6.45) is 0.689. The molecule has 2 aromatic carbocycles. The Kier molecular flexibility index (Phi) is 5.39. The quantitative estimate of drug-likeness (QED) is 0.620. The maximum absolute atomic E-state index is 5.94. The minimum Gasteiger partial charge on any atom is -0.497 e. The average molecular weight is 337 g/mol. The van der Waals surface area contributed by atoms with Crippen LogP contribution in [-0.2, 0) is 6.42 Å². The molecule has 0 spiro atoms. The van der Waals surface area contributed by atoms with Gasteiger partial charge in [-0.1, -0.05) is 42.5 Å². The van der Waals surface area contributed by atoms with Crippen LogP contribution in [0.4, 0.5) is 0 Å². The fourth-order valence-electron chi connectivity index (χ4n) is 2.72. The fourth-order valence-corrected chi connectivity index (χ4v) is 2.72. The first-order chi connectivity index (χ1) is 12.2. The Morgan fingerprint density at radius 2 is 1.76 bits per heavy atom. The standard InChI is InChI=1S/C21H23NO3/c1-4-24-21-19(14-16-8-6-5-7-9-16)22-20(25-21)15(2)17-10-12-18(23-3)13-11-17/h5-13,15H,4,14H2,1-3H3. The third-order valence-electron chi connectivity index (χ3n) is 4.15. The van der Waals surface area contributed by atoms with Gasteiger partial charge in [0.2, 0.25) is 5.89 Å². The molecule has 1 heterocycles. The Labute approximate surface area is 148 Å². The van der Waals surface area contributed by atoms with E-state index in [9.17, 15) is 0 Å². The summed E-state index contributed by atoms with van der Waals surface area (Å²) in [5, 5.41) is 0. The molecule has 0 amide bonds. The summed E-state index contributed by atoms with van der Waals surface area (Å²) in [5.41, 5.74) is 3.14. The molecule has 4 heteroatoms. The van der Waals surface area contributed by atoms with Gasteiger partial charge < -0.3 is 13.9 Å². The van der Waals surface area contributed by atoms with E-state index in [1.165, 1.54) is 5.56 Å². The van der Waals surface area contributed by atoms with E-state index in [2.05, 4.69) is 19.1 Å². The minimum absolute atomic E-state index is 0.0367. The molecule has 0 fully saturated rings. The van der Waals surface area contributed by atoms with Gasteiger partial charge in [0.1, 0.15) is 11.4 Å². The van der Waals surface area contributed by atoms with Gasteiger partial charge in [-0.15, -0.1) is 0 Å². The second-order valence-electron chi connectivity index (χ2n) is 5.88. The Morgan fingerprint density at radius 1 is 1.04 bits per heavy atom. The summed E-state index contributed by atoms with van der Waals surface area (Å²) in [4.78, 5) is 4.72. The third-order valence-corrected chi connectivity index (χ3v) is 4.15. The van der Waals surface area contributed by atoms with Gasteiger partial charge in [-0.3, -0.25) is 0 Å². The highest BCUT2D eigenvalue weighted by Gasteiger charge is 2.20. The largest absolute Gasteiger partial charge is 0.497 e. The van der Waals surface area contributed by atoms with Crippen molar-refractivity contribution >= 4 is 0 Å².